The Balaban J connectivity index is 1.87. The van der Waals surface area contributed by atoms with Crippen molar-refractivity contribution in [3.8, 4) is 5.75 Å². The molecule has 20 heavy (non-hydrogen) atoms. The Morgan fingerprint density at radius 3 is 2.70 bits per heavy atom. The first kappa shape index (κ1) is 13.4. The summed E-state index contributed by atoms with van der Waals surface area (Å²) in [7, 11) is 1.60. The third-order valence-corrected chi connectivity index (χ3v) is 4.27. The first-order chi connectivity index (χ1) is 9.67. The minimum atomic E-state index is -1.39. The van der Waals surface area contributed by atoms with Gasteiger partial charge in [-0.15, -0.1) is 0 Å². The van der Waals surface area contributed by atoms with Crippen molar-refractivity contribution in [1.29, 1.82) is 0 Å². The molecule has 0 saturated carbocycles. The van der Waals surface area contributed by atoms with Crippen molar-refractivity contribution < 1.29 is 18.7 Å². The van der Waals surface area contributed by atoms with Gasteiger partial charge < -0.3 is 14.4 Å². The summed E-state index contributed by atoms with van der Waals surface area (Å²) in [6, 6.07) is 7.19. The molecule has 0 spiro atoms. The fourth-order valence-electron chi connectivity index (χ4n) is 3.16. The van der Waals surface area contributed by atoms with Crippen LogP contribution >= 0.6 is 0 Å². The molecule has 4 nitrogen and oxygen atoms in total. The quantitative estimate of drug-likeness (QED) is 0.852. The van der Waals surface area contributed by atoms with Gasteiger partial charge >= 0.3 is 0 Å². The first-order valence-corrected chi connectivity index (χ1v) is 6.89. The lowest BCUT2D eigenvalue weighted by atomic mass is 9.97. The van der Waals surface area contributed by atoms with Crippen molar-refractivity contribution in [1.82, 2.24) is 4.90 Å². The third-order valence-electron chi connectivity index (χ3n) is 4.27. The summed E-state index contributed by atoms with van der Waals surface area (Å²) in [6.45, 7) is 2.32. The van der Waals surface area contributed by atoms with E-state index in [1.165, 1.54) is 0 Å². The van der Waals surface area contributed by atoms with Crippen LogP contribution in [0.3, 0.4) is 0 Å². The number of rotatable bonds is 3. The smallest absolute Gasteiger partial charge is 0.260 e. The summed E-state index contributed by atoms with van der Waals surface area (Å²) in [5, 5.41) is 0. The molecule has 0 radical (unpaired) electrons. The second kappa shape index (κ2) is 5.05. The molecule has 0 aliphatic carbocycles. The molecular formula is C15H18FNO3. The van der Waals surface area contributed by atoms with Crippen LogP contribution in [0.1, 0.15) is 25.1 Å². The van der Waals surface area contributed by atoms with E-state index < -0.39 is 18.3 Å². The molecule has 2 aliphatic heterocycles. The molecule has 4 unspecified atom stereocenters. The van der Waals surface area contributed by atoms with E-state index in [0.717, 1.165) is 11.3 Å². The first-order valence-electron chi connectivity index (χ1n) is 6.89. The van der Waals surface area contributed by atoms with Crippen LogP contribution in [0.25, 0.3) is 0 Å². The standard InChI is InChI=1S/C15H18FNO3/c1-3-11-12-8-20-15(17(12)14(18)13(11)16)9-4-6-10(19-2)7-5-9/h4-7,11-13,15H,3,8H2,1-2H3. The average molecular weight is 279 g/mol. The Hall–Kier alpha value is -1.62. The van der Waals surface area contributed by atoms with Crippen LogP contribution in [0.4, 0.5) is 4.39 Å². The zero-order valence-corrected chi connectivity index (χ0v) is 11.6. The van der Waals surface area contributed by atoms with Gasteiger partial charge in [0, 0.05) is 11.5 Å². The number of fused-ring (bicyclic) bond motifs is 1. The molecular weight excluding hydrogens is 261 g/mol. The minimum Gasteiger partial charge on any atom is -0.497 e. The zero-order valence-electron chi connectivity index (χ0n) is 11.6. The van der Waals surface area contributed by atoms with Gasteiger partial charge in [0.15, 0.2) is 12.4 Å². The second-order valence-electron chi connectivity index (χ2n) is 5.25. The third kappa shape index (κ3) is 1.88. The highest BCUT2D eigenvalue weighted by atomic mass is 19.1. The van der Waals surface area contributed by atoms with Gasteiger partial charge in [0.2, 0.25) is 0 Å². The normalized spacial score (nSPS) is 32.5. The number of carbonyl (C=O) groups is 1. The number of benzene rings is 1. The van der Waals surface area contributed by atoms with Gasteiger partial charge in [0.25, 0.3) is 5.91 Å². The summed E-state index contributed by atoms with van der Waals surface area (Å²) in [4.78, 5) is 13.7. The molecule has 1 aromatic rings. The van der Waals surface area contributed by atoms with Gasteiger partial charge in [-0.3, -0.25) is 4.79 Å². The molecule has 5 heteroatoms. The van der Waals surface area contributed by atoms with Gasteiger partial charge in [-0.2, -0.15) is 0 Å². The Morgan fingerprint density at radius 1 is 1.40 bits per heavy atom. The Labute approximate surface area is 117 Å². The van der Waals surface area contributed by atoms with E-state index in [0.29, 0.717) is 13.0 Å². The highest BCUT2D eigenvalue weighted by Gasteiger charge is 2.54. The van der Waals surface area contributed by atoms with E-state index in [9.17, 15) is 9.18 Å². The predicted molar refractivity (Wildman–Crippen MR) is 71.0 cm³/mol. The van der Waals surface area contributed by atoms with Crippen LogP contribution in [-0.4, -0.2) is 36.7 Å². The molecule has 2 saturated heterocycles. The molecule has 2 heterocycles. The maximum Gasteiger partial charge on any atom is 0.260 e. The van der Waals surface area contributed by atoms with Crippen molar-refractivity contribution in [2.45, 2.75) is 31.8 Å². The van der Waals surface area contributed by atoms with Crippen LogP contribution in [0.5, 0.6) is 5.75 Å². The molecule has 0 N–H and O–H groups in total. The number of hydrogen-bond donors (Lipinski definition) is 0. The second-order valence-corrected chi connectivity index (χ2v) is 5.25. The maximum atomic E-state index is 14.0. The van der Waals surface area contributed by atoms with Crippen LogP contribution in [0.2, 0.25) is 0 Å². The summed E-state index contributed by atoms with van der Waals surface area (Å²) in [5.74, 6) is 0.0387. The molecule has 4 atom stereocenters. The molecule has 2 fully saturated rings. The van der Waals surface area contributed by atoms with E-state index >= 15 is 0 Å². The number of methoxy groups -OCH3 is 1. The fourth-order valence-corrected chi connectivity index (χ4v) is 3.16. The van der Waals surface area contributed by atoms with Crippen molar-refractivity contribution in [2.75, 3.05) is 13.7 Å². The molecule has 0 aromatic heterocycles. The van der Waals surface area contributed by atoms with Gasteiger partial charge in [0.1, 0.15) is 5.75 Å². The molecule has 1 aromatic carbocycles. The predicted octanol–water partition coefficient (Wildman–Crippen LogP) is 2.30. The highest BCUT2D eigenvalue weighted by Crippen LogP contribution is 2.42. The Bertz CT molecular complexity index is 504. The molecule has 2 aliphatic rings. The number of carbonyl (C=O) groups excluding carboxylic acids is 1. The number of amides is 1. The van der Waals surface area contributed by atoms with Gasteiger partial charge in [-0.1, -0.05) is 19.1 Å². The lowest BCUT2D eigenvalue weighted by Crippen LogP contribution is -2.33. The summed E-state index contributed by atoms with van der Waals surface area (Å²) in [5.41, 5.74) is 0.852. The lowest BCUT2D eigenvalue weighted by molar-refractivity contribution is -0.138. The summed E-state index contributed by atoms with van der Waals surface area (Å²) in [6.07, 6.45) is -1.23. The van der Waals surface area contributed by atoms with Crippen LogP contribution < -0.4 is 4.74 Å². The minimum absolute atomic E-state index is 0.144. The van der Waals surface area contributed by atoms with Gasteiger partial charge in [-0.25, -0.2) is 4.39 Å². The van der Waals surface area contributed by atoms with E-state index in [2.05, 4.69) is 0 Å². The summed E-state index contributed by atoms with van der Waals surface area (Å²) >= 11 is 0. The SMILES string of the molecule is CCC1C(F)C(=O)N2C(c3ccc(OC)cc3)OCC12. The van der Waals surface area contributed by atoms with Crippen molar-refractivity contribution in [2.24, 2.45) is 5.92 Å². The van der Waals surface area contributed by atoms with E-state index in [4.69, 9.17) is 9.47 Å². The Kier molecular flexibility index (Phi) is 3.38. The number of alkyl halides is 1. The van der Waals surface area contributed by atoms with Crippen molar-refractivity contribution in [3.05, 3.63) is 29.8 Å². The van der Waals surface area contributed by atoms with Crippen LogP contribution in [0.15, 0.2) is 24.3 Å². The van der Waals surface area contributed by atoms with Gasteiger partial charge in [0.05, 0.1) is 19.8 Å². The topological polar surface area (TPSA) is 38.8 Å². The van der Waals surface area contributed by atoms with Crippen LogP contribution in [0, 0.1) is 5.92 Å². The zero-order chi connectivity index (χ0) is 14.3. The molecule has 1 amide bonds. The van der Waals surface area contributed by atoms with Crippen LogP contribution in [-0.2, 0) is 9.53 Å². The molecule has 108 valence electrons. The highest BCUT2D eigenvalue weighted by molar-refractivity contribution is 5.84. The van der Waals surface area contributed by atoms with Crippen molar-refractivity contribution in [3.63, 3.8) is 0 Å². The van der Waals surface area contributed by atoms with E-state index in [-0.39, 0.29) is 12.0 Å². The summed E-state index contributed by atoms with van der Waals surface area (Å²) < 4.78 is 24.9. The Morgan fingerprint density at radius 2 is 2.10 bits per heavy atom. The van der Waals surface area contributed by atoms with E-state index in [1.54, 1.807) is 12.0 Å². The molecule has 3 rings (SSSR count). The average Bonchev–Trinajstić information content (AvgIpc) is 3.00. The largest absolute Gasteiger partial charge is 0.497 e. The maximum absolute atomic E-state index is 14.0. The molecule has 0 bridgehead atoms. The van der Waals surface area contributed by atoms with Gasteiger partial charge in [-0.05, 0) is 18.6 Å². The lowest BCUT2D eigenvalue weighted by Gasteiger charge is -2.23. The van der Waals surface area contributed by atoms with E-state index in [1.807, 2.05) is 31.2 Å². The van der Waals surface area contributed by atoms with Crippen molar-refractivity contribution >= 4 is 5.91 Å². The monoisotopic (exact) mass is 279 g/mol. The number of halogens is 1. The number of nitrogens with zero attached hydrogens (tertiary/aromatic N) is 1. The number of hydrogen-bond acceptors (Lipinski definition) is 3. The fraction of sp³-hybridized carbons (Fsp3) is 0.533. The number of ether oxygens (including phenoxy) is 2.